The van der Waals surface area contributed by atoms with Gasteiger partial charge in [-0.2, -0.15) is 0 Å². The van der Waals surface area contributed by atoms with Gasteiger partial charge in [0.15, 0.2) is 0 Å². The number of fused-ring (bicyclic) bond motifs is 1. The number of nitrogens with two attached hydrogens (primary N) is 1. The summed E-state index contributed by atoms with van der Waals surface area (Å²) in [5, 5.41) is 1.26. The molecule has 0 bridgehead atoms. The van der Waals surface area contributed by atoms with Crippen molar-refractivity contribution in [3.8, 4) is 0 Å². The highest BCUT2D eigenvalue weighted by Crippen LogP contribution is 2.23. The van der Waals surface area contributed by atoms with E-state index in [9.17, 15) is 0 Å². The van der Waals surface area contributed by atoms with Gasteiger partial charge in [-0.15, -0.1) is 0 Å². The van der Waals surface area contributed by atoms with Gasteiger partial charge in [-0.25, -0.2) is 4.98 Å². The Morgan fingerprint density at radius 1 is 1.09 bits per heavy atom. The van der Waals surface area contributed by atoms with Crippen molar-refractivity contribution in [2.75, 3.05) is 44.2 Å². The summed E-state index contributed by atoms with van der Waals surface area (Å²) >= 11 is 0. The molecule has 0 atom stereocenters. The third kappa shape index (κ3) is 3.39. The van der Waals surface area contributed by atoms with Gasteiger partial charge in [-0.1, -0.05) is 18.2 Å². The SMILES string of the molecule is Cc1cc(N2CCN(CCCCN)CC2)nc2ccccc12. The highest BCUT2D eigenvalue weighted by molar-refractivity contribution is 5.83. The standard InChI is InChI=1S/C18H26N4/c1-15-14-18(20-17-7-3-2-6-16(15)17)22-12-10-21(11-13-22)9-5-4-8-19/h2-3,6-7,14H,4-5,8-13,19H2,1H3. The number of hydrogen-bond donors (Lipinski definition) is 1. The maximum atomic E-state index is 5.57. The molecule has 0 amide bonds. The second kappa shape index (κ2) is 7.07. The lowest BCUT2D eigenvalue weighted by Gasteiger charge is -2.35. The monoisotopic (exact) mass is 298 g/mol. The summed E-state index contributed by atoms with van der Waals surface area (Å²) in [5.74, 6) is 1.12. The maximum absolute atomic E-state index is 5.57. The number of rotatable bonds is 5. The van der Waals surface area contributed by atoms with Crippen LogP contribution in [0.1, 0.15) is 18.4 Å². The molecule has 4 heteroatoms. The lowest BCUT2D eigenvalue weighted by Crippen LogP contribution is -2.47. The number of pyridine rings is 1. The molecule has 1 aliphatic heterocycles. The Morgan fingerprint density at radius 2 is 1.86 bits per heavy atom. The lowest BCUT2D eigenvalue weighted by molar-refractivity contribution is 0.253. The minimum atomic E-state index is 0.806. The predicted molar refractivity (Wildman–Crippen MR) is 93.4 cm³/mol. The molecule has 3 rings (SSSR count). The molecule has 2 N–H and O–H groups in total. The molecule has 0 unspecified atom stereocenters. The van der Waals surface area contributed by atoms with Crippen LogP contribution >= 0.6 is 0 Å². The largest absolute Gasteiger partial charge is 0.354 e. The van der Waals surface area contributed by atoms with Gasteiger partial charge in [0.1, 0.15) is 5.82 Å². The number of aryl methyl sites for hydroxylation is 1. The fraction of sp³-hybridized carbons (Fsp3) is 0.500. The number of piperazine rings is 1. The minimum absolute atomic E-state index is 0.806. The zero-order valence-electron chi connectivity index (χ0n) is 13.5. The number of anilines is 1. The van der Waals surface area contributed by atoms with Crippen LogP contribution in [0.5, 0.6) is 0 Å². The third-order valence-electron chi connectivity index (χ3n) is 4.53. The van der Waals surface area contributed by atoms with Gasteiger partial charge in [0.2, 0.25) is 0 Å². The van der Waals surface area contributed by atoms with Crippen LogP contribution in [0.3, 0.4) is 0 Å². The summed E-state index contributed by atoms with van der Waals surface area (Å²) in [6.45, 7) is 8.53. The summed E-state index contributed by atoms with van der Waals surface area (Å²) in [5.41, 5.74) is 7.98. The van der Waals surface area contributed by atoms with Crippen molar-refractivity contribution in [3.05, 3.63) is 35.9 Å². The molecular formula is C18H26N4. The summed E-state index contributed by atoms with van der Waals surface area (Å²) < 4.78 is 0. The summed E-state index contributed by atoms with van der Waals surface area (Å²) in [6, 6.07) is 10.6. The van der Waals surface area contributed by atoms with Crippen LogP contribution in [-0.4, -0.2) is 49.2 Å². The first kappa shape index (κ1) is 15.3. The van der Waals surface area contributed by atoms with Crippen molar-refractivity contribution in [1.82, 2.24) is 9.88 Å². The molecule has 1 fully saturated rings. The number of benzene rings is 1. The van der Waals surface area contributed by atoms with E-state index in [4.69, 9.17) is 10.7 Å². The van der Waals surface area contributed by atoms with Crippen LogP contribution in [0.4, 0.5) is 5.82 Å². The molecule has 2 aromatic rings. The Labute approximate surface area is 132 Å². The van der Waals surface area contributed by atoms with Crippen molar-refractivity contribution in [2.45, 2.75) is 19.8 Å². The van der Waals surface area contributed by atoms with Crippen LogP contribution in [0.25, 0.3) is 10.9 Å². The molecule has 118 valence electrons. The van der Waals surface area contributed by atoms with Crippen molar-refractivity contribution in [2.24, 2.45) is 5.73 Å². The molecule has 0 aliphatic carbocycles. The second-order valence-electron chi connectivity index (χ2n) is 6.14. The van der Waals surface area contributed by atoms with Crippen LogP contribution < -0.4 is 10.6 Å². The molecule has 1 saturated heterocycles. The summed E-state index contributed by atoms with van der Waals surface area (Å²) in [7, 11) is 0. The molecule has 1 aromatic carbocycles. The van der Waals surface area contributed by atoms with Crippen molar-refractivity contribution in [1.29, 1.82) is 0 Å². The molecule has 0 saturated carbocycles. The van der Waals surface area contributed by atoms with E-state index in [0.29, 0.717) is 0 Å². The quantitative estimate of drug-likeness (QED) is 0.861. The van der Waals surface area contributed by atoms with E-state index in [-0.39, 0.29) is 0 Å². The van der Waals surface area contributed by atoms with Crippen LogP contribution in [0.15, 0.2) is 30.3 Å². The average molecular weight is 298 g/mol. The molecule has 0 radical (unpaired) electrons. The predicted octanol–water partition coefficient (Wildman–Crippen LogP) is 2.40. The van der Waals surface area contributed by atoms with Gasteiger partial charge in [-0.3, -0.25) is 4.90 Å². The Balaban J connectivity index is 1.66. The lowest BCUT2D eigenvalue weighted by atomic mass is 10.1. The van der Waals surface area contributed by atoms with Crippen LogP contribution in [0, 0.1) is 6.92 Å². The average Bonchev–Trinajstić information content (AvgIpc) is 2.56. The van der Waals surface area contributed by atoms with E-state index >= 15 is 0 Å². The fourth-order valence-corrected chi connectivity index (χ4v) is 3.17. The number of para-hydroxylation sites is 1. The Kier molecular flexibility index (Phi) is 4.90. The second-order valence-corrected chi connectivity index (χ2v) is 6.14. The van der Waals surface area contributed by atoms with E-state index in [1.165, 1.54) is 23.9 Å². The fourth-order valence-electron chi connectivity index (χ4n) is 3.17. The Hall–Kier alpha value is -1.65. The number of hydrogen-bond acceptors (Lipinski definition) is 4. The number of nitrogens with zero attached hydrogens (tertiary/aromatic N) is 3. The molecule has 2 heterocycles. The first-order chi connectivity index (χ1) is 10.8. The first-order valence-corrected chi connectivity index (χ1v) is 8.31. The van der Waals surface area contributed by atoms with E-state index in [1.807, 2.05) is 0 Å². The summed E-state index contributed by atoms with van der Waals surface area (Å²) in [4.78, 5) is 9.81. The van der Waals surface area contributed by atoms with Gasteiger partial charge >= 0.3 is 0 Å². The molecule has 22 heavy (non-hydrogen) atoms. The van der Waals surface area contributed by atoms with Crippen molar-refractivity contribution in [3.63, 3.8) is 0 Å². The van der Waals surface area contributed by atoms with E-state index in [1.54, 1.807) is 0 Å². The van der Waals surface area contributed by atoms with Crippen molar-refractivity contribution < 1.29 is 0 Å². The topological polar surface area (TPSA) is 45.4 Å². The Bertz CT molecular complexity index is 618. The van der Waals surface area contributed by atoms with Gasteiger partial charge in [0, 0.05) is 31.6 Å². The van der Waals surface area contributed by atoms with Gasteiger partial charge in [-0.05, 0) is 50.6 Å². The van der Waals surface area contributed by atoms with E-state index in [0.717, 1.165) is 50.5 Å². The minimum Gasteiger partial charge on any atom is -0.354 e. The van der Waals surface area contributed by atoms with Gasteiger partial charge in [0.25, 0.3) is 0 Å². The highest BCUT2D eigenvalue weighted by Gasteiger charge is 2.18. The smallest absolute Gasteiger partial charge is 0.129 e. The van der Waals surface area contributed by atoms with Gasteiger partial charge in [0.05, 0.1) is 5.52 Å². The molecular weight excluding hydrogens is 272 g/mol. The van der Waals surface area contributed by atoms with Crippen LogP contribution in [0.2, 0.25) is 0 Å². The Morgan fingerprint density at radius 3 is 2.64 bits per heavy atom. The van der Waals surface area contributed by atoms with Gasteiger partial charge < -0.3 is 10.6 Å². The number of unbranched alkanes of at least 4 members (excludes halogenated alkanes) is 1. The van der Waals surface area contributed by atoms with Crippen molar-refractivity contribution >= 4 is 16.7 Å². The van der Waals surface area contributed by atoms with Crippen LogP contribution in [-0.2, 0) is 0 Å². The molecule has 4 nitrogen and oxygen atoms in total. The highest BCUT2D eigenvalue weighted by atomic mass is 15.3. The normalized spacial score (nSPS) is 16.4. The molecule has 1 aliphatic rings. The zero-order chi connectivity index (χ0) is 15.4. The van der Waals surface area contributed by atoms with E-state index in [2.05, 4.69) is 47.1 Å². The molecule has 0 spiro atoms. The maximum Gasteiger partial charge on any atom is 0.129 e. The molecule has 1 aromatic heterocycles. The summed E-state index contributed by atoms with van der Waals surface area (Å²) in [6.07, 6.45) is 2.34. The third-order valence-corrected chi connectivity index (χ3v) is 4.53. The first-order valence-electron chi connectivity index (χ1n) is 8.31. The zero-order valence-corrected chi connectivity index (χ0v) is 13.5. The number of aromatic nitrogens is 1. The van der Waals surface area contributed by atoms with E-state index < -0.39 is 0 Å².